The van der Waals surface area contributed by atoms with Crippen molar-refractivity contribution < 1.29 is 23.2 Å². The number of anilines is 2. The zero-order chi connectivity index (χ0) is 29.6. The molecule has 42 heavy (non-hydrogen) atoms. The van der Waals surface area contributed by atoms with Gasteiger partial charge in [0.05, 0.1) is 11.4 Å². The quantitative estimate of drug-likeness (QED) is 0.399. The zero-order valence-electron chi connectivity index (χ0n) is 23.3. The minimum atomic E-state index is -0.526. The third-order valence-corrected chi connectivity index (χ3v) is 7.92. The molecule has 5 rings (SSSR count). The number of nitrogens with two attached hydrogens (primary N) is 1. The fraction of sp³-hybridized carbons (Fsp3) is 0.344. The van der Waals surface area contributed by atoms with Gasteiger partial charge < -0.3 is 26.2 Å². The highest BCUT2D eigenvalue weighted by molar-refractivity contribution is 6.07. The maximum absolute atomic E-state index is 13.8. The van der Waals surface area contributed by atoms with Crippen LogP contribution in [0.1, 0.15) is 63.2 Å². The summed E-state index contributed by atoms with van der Waals surface area (Å²) in [7, 11) is 0. The third kappa shape index (κ3) is 7.12. The molecule has 1 aliphatic carbocycles. The number of carbonyl (C=O) groups is 3. The summed E-state index contributed by atoms with van der Waals surface area (Å²) in [6.07, 6.45) is 4.00. The zero-order valence-corrected chi connectivity index (χ0v) is 23.3. The van der Waals surface area contributed by atoms with Crippen molar-refractivity contribution in [2.24, 2.45) is 5.73 Å². The first kappa shape index (κ1) is 29.2. The average molecular weight is 576 g/mol. The van der Waals surface area contributed by atoms with Crippen LogP contribution < -0.4 is 21.3 Å². The Hall–Kier alpha value is -4.31. The number of carbonyl (C=O) groups excluding carboxylic acids is 3. The van der Waals surface area contributed by atoms with Gasteiger partial charge in [0.25, 0.3) is 17.7 Å². The van der Waals surface area contributed by atoms with Crippen LogP contribution in [-0.4, -0.2) is 60.9 Å². The Morgan fingerprint density at radius 1 is 0.738 bits per heavy atom. The predicted molar refractivity (Wildman–Crippen MR) is 158 cm³/mol. The highest BCUT2D eigenvalue weighted by Crippen LogP contribution is 2.30. The number of hydrogen-bond acceptors (Lipinski definition) is 5. The summed E-state index contributed by atoms with van der Waals surface area (Å²) < 4.78 is 27.2. The van der Waals surface area contributed by atoms with Gasteiger partial charge in [0.2, 0.25) is 0 Å². The molecule has 1 saturated carbocycles. The Kier molecular flexibility index (Phi) is 9.12. The molecule has 1 aliphatic heterocycles. The molecule has 0 spiro atoms. The van der Waals surface area contributed by atoms with E-state index in [4.69, 9.17) is 5.73 Å². The Labute approximate surface area is 243 Å². The van der Waals surface area contributed by atoms with E-state index in [0.717, 1.165) is 31.7 Å². The van der Waals surface area contributed by atoms with Crippen molar-refractivity contribution in [1.29, 1.82) is 0 Å². The summed E-state index contributed by atoms with van der Waals surface area (Å²) in [5, 5.41) is 5.97. The summed E-state index contributed by atoms with van der Waals surface area (Å²) in [5.74, 6) is -1.84. The van der Waals surface area contributed by atoms with E-state index in [1.165, 1.54) is 42.5 Å². The van der Waals surface area contributed by atoms with Crippen LogP contribution in [0.15, 0.2) is 66.7 Å². The van der Waals surface area contributed by atoms with Gasteiger partial charge in [0.1, 0.15) is 11.6 Å². The van der Waals surface area contributed by atoms with Crippen molar-refractivity contribution in [3.05, 3.63) is 95.1 Å². The Balaban J connectivity index is 1.36. The van der Waals surface area contributed by atoms with E-state index in [2.05, 4.69) is 15.5 Å². The summed E-state index contributed by atoms with van der Waals surface area (Å²) in [4.78, 5) is 43.2. The molecule has 3 aromatic rings. The van der Waals surface area contributed by atoms with Crippen LogP contribution in [0.25, 0.3) is 0 Å². The summed E-state index contributed by atoms with van der Waals surface area (Å²) in [6, 6.07) is 16.3. The number of halogens is 2. The first-order valence-corrected chi connectivity index (χ1v) is 14.3. The molecule has 8 nitrogen and oxygen atoms in total. The lowest BCUT2D eigenvalue weighted by Crippen LogP contribution is -2.40. The van der Waals surface area contributed by atoms with E-state index in [0.29, 0.717) is 55.1 Å². The molecule has 0 bridgehead atoms. The standard InChI is InChI=1S/C32H35F2N5O3/c33-24-8-5-21(6-9-24)32(42)39-16-2-15-38(17-18-39)29-14-7-23(30(40)36-27-12-10-26(35)11-13-27)20-28(29)37-31(41)22-3-1-4-25(34)19-22/h1,3-9,14,19-20,26-27H,2,10-13,15-18,35H2,(H,36,40)(H,37,41). The summed E-state index contributed by atoms with van der Waals surface area (Å²) in [5.41, 5.74) is 8.08. The SMILES string of the molecule is NC1CCC(NC(=O)c2ccc(N3CCCN(C(=O)c4ccc(F)cc4)CC3)c(NC(=O)c3cccc(F)c3)c2)CC1. The molecular weight excluding hydrogens is 540 g/mol. The maximum atomic E-state index is 13.8. The van der Waals surface area contributed by atoms with Crippen LogP contribution in [0.4, 0.5) is 20.2 Å². The van der Waals surface area contributed by atoms with E-state index >= 15 is 0 Å². The second-order valence-electron chi connectivity index (χ2n) is 10.9. The van der Waals surface area contributed by atoms with Crippen LogP contribution in [-0.2, 0) is 0 Å². The number of nitrogens with zero attached hydrogens (tertiary/aromatic N) is 2. The van der Waals surface area contributed by atoms with Gasteiger partial charge in [-0.2, -0.15) is 0 Å². The minimum Gasteiger partial charge on any atom is -0.368 e. The molecule has 0 atom stereocenters. The van der Waals surface area contributed by atoms with Gasteiger partial charge in [-0.25, -0.2) is 8.78 Å². The molecule has 1 saturated heterocycles. The Morgan fingerprint density at radius 2 is 1.45 bits per heavy atom. The van der Waals surface area contributed by atoms with E-state index in [1.807, 2.05) is 0 Å². The van der Waals surface area contributed by atoms with Crippen LogP contribution in [0, 0.1) is 11.6 Å². The van der Waals surface area contributed by atoms with Gasteiger partial charge in [-0.3, -0.25) is 14.4 Å². The van der Waals surface area contributed by atoms with E-state index < -0.39 is 17.5 Å². The normalized spacial score (nSPS) is 19.1. The number of rotatable bonds is 6. The largest absolute Gasteiger partial charge is 0.368 e. The second kappa shape index (κ2) is 13.1. The van der Waals surface area contributed by atoms with Crippen LogP contribution in [0.5, 0.6) is 0 Å². The van der Waals surface area contributed by atoms with Crippen molar-refractivity contribution in [3.8, 4) is 0 Å². The average Bonchev–Trinajstić information content (AvgIpc) is 3.25. The third-order valence-electron chi connectivity index (χ3n) is 7.92. The maximum Gasteiger partial charge on any atom is 0.255 e. The van der Waals surface area contributed by atoms with Gasteiger partial charge in [0.15, 0.2) is 0 Å². The van der Waals surface area contributed by atoms with Crippen LogP contribution in [0.2, 0.25) is 0 Å². The lowest BCUT2D eigenvalue weighted by molar-refractivity contribution is 0.0766. The monoisotopic (exact) mass is 575 g/mol. The first-order valence-electron chi connectivity index (χ1n) is 14.3. The van der Waals surface area contributed by atoms with Gasteiger partial charge >= 0.3 is 0 Å². The van der Waals surface area contributed by atoms with E-state index in [1.54, 1.807) is 23.1 Å². The summed E-state index contributed by atoms with van der Waals surface area (Å²) >= 11 is 0. The molecule has 0 unspecified atom stereocenters. The molecule has 1 heterocycles. The molecule has 3 aromatic carbocycles. The van der Waals surface area contributed by atoms with Crippen LogP contribution in [0.3, 0.4) is 0 Å². The second-order valence-corrected chi connectivity index (χ2v) is 10.9. The molecule has 220 valence electrons. The van der Waals surface area contributed by atoms with Crippen molar-refractivity contribution in [1.82, 2.24) is 10.2 Å². The Bertz CT molecular complexity index is 1440. The number of amides is 3. The van der Waals surface area contributed by atoms with E-state index in [9.17, 15) is 23.2 Å². The highest BCUT2D eigenvalue weighted by Gasteiger charge is 2.25. The summed E-state index contributed by atoms with van der Waals surface area (Å²) in [6.45, 7) is 2.01. The fourth-order valence-electron chi connectivity index (χ4n) is 5.55. The molecule has 0 aromatic heterocycles. The Morgan fingerprint density at radius 3 is 2.19 bits per heavy atom. The molecule has 2 fully saturated rings. The van der Waals surface area contributed by atoms with Gasteiger partial charge in [-0.05, 0) is 92.8 Å². The molecule has 4 N–H and O–H groups in total. The first-order chi connectivity index (χ1) is 20.3. The molecular formula is C32H35F2N5O3. The molecule has 0 radical (unpaired) electrons. The topological polar surface area (TPSA) is 108 Å². The van der Waals surface area contributed by atoms with Crippen molar-refractivity contribution in [2.45, 2.75) is 44.2 Å². The van der Waals surface area contributed by atoms with Crippen molar-refractivity contribution in [2.75, 3.05) is 36.4 Å². The smallest absolute Gasteiger partial charge is 0.255 e. The lowest BCUT2D eigenvalue weighted by atomic mass is 9.91. The highest BCUT2D eigenvalue weighted by atomic mass is 19.1. The minimum absolute atomic E-state index is 0.0394. The van der Waals surface area contributed by atoms with E-state index in [-0.39, 0.29) is 29.5 Å². The number of nitrogens with one attached hydrogen (secondary N) is 2. The molecule has 2 aliphatic rings. The molecule has 10 heteroatoms. The number of benzene rings is 3. The molecule has 3 amide bonds. The number of hydrogen-bond donors (Lipinski definition) is 3. The van der Waals surface area contributed by atoms with Crippen molar-refractivity contribution in [3.63, 3.8) is 0 Å². The lowest BCUT2D eigenvalue weighted by Gasteiger charge is -2.28. The van der Waals surface area contributed by atoms with Gasteiger partial charge in [-0.15, -0.1) is 0 Å². The fourth-order valence-corrected chi connectivity index (χ4v) is 5.55. The van der Waals surface area contributed by atoms with Gasteiger partial charge in [0, 0.05) is 55.0 Å². The van der Waals surface area contributed by atoms with Crippen molar-refractivity contribution >= 4 is 29.1 Å². The van der Waals surface area contributed by atoms with Gasteiger partial charge in [-0.1, -0.05) is 6.07 Å². The predicted octanol–water partition coefficient (Wildman–Crippen LogP) is 4.57. The van der Waals surface area contributed by atoms with Crippen LogP contribution >= 0.6 is 0 Å².